The normalized spacial score (nSPS) is 30.3. The molecule has 2 unspecified atom stereocenters. The van der Waals surface area contributed by atoms with Crippen LogP contribution in [0.4, 0.5) is 5.69 Å². The third-order valence-corrected chi connectivity index (χ3v) is 7.69. The summed E-state index contributed by atoms with van der Waals surface area (Å²) >= 11 is 0. The van der Waals surface area contributed by atoms with Crippen molar-refractivity contribution in [2.24, 2.45) is 4.99 Å². The number of hydrogen-bond acceptors (Lipinski definition) is 7. The van der Waals surface area contributed by atoms with E-state index in [-0.39, 0.29) is 6.04 Å². The molecule has 0 saturated carbocycles. The Morgan fingerprint density at radius 2 is 2.28 bits per heavy atom. The molecule has 0 radical (unpaired) electrons. The predicted molar refractivity (Wildman–Crippen MR) is 122 cm³/mol. The average molecular weight is 437 g/mol. The summed E-state index contributed by atoms with van der Waals surface area (Å²) in [6.07, 6.45) is 5.34. The van der Waals surface area contributed by atoms with E-state index in [9.17, 15) is 5.26 Å². The van der Waals surface area contributed by atoms with Crippen molar-refractivity contribution in [3.8, 4) is 6.07 Å². The highest BCUT2D eigenvalue weighted by atomic mass is 16.5. The van der Waals surface area contributed by atoms with Crippen LogP contribution >= 0.6 is 0 Å². The van der Waals surface area contributed by atoms with Gasteiger partial charge in [-0.05, 0) is 48.8 Å². The molecule has 0 bridgehead atoms. The van der Waals surface area contributed by atoms with Crippen LogP contribution in [0, 0.1) is 11.3 Å². The van der Waals surface area contributed by atoms with E-state index >= 15 is 0 Å². The summed E-state index contributed by atoms with van der Waals surface area (Å²) in [6.45, 7) is 5.15. The maximum atomic E-state index is 10.0. The molecule has 0 aromatic heterocycles. The molecule has 1 fully saturated rings. The van der Waals surface area contributed by atoms with Crippen LogP contribution in [0.1, 0.15) is 68.1 Å². The van der Waals surface area contributed by atoms with Gasteiger partial charge in [0.2, 0.25) is 0 Å². The zero-order chi connectivity index (χ0) is 22.3. The lowest BCUT2D eigenvalue weighted by molar-refractivity contribution is -0.0764. The van der Waals surface area contributed by atoms with Gasteiger partial charge in [-0.2, -0.15) is 5.26 Å². The average Bonchev–Trinajstić information content (AvgIpc) is 2.84. The smallest absolute Gasteiger partial charge is 0.189 e. The van der Waals surface area contributed by atoms with Gasteiger partial charge >= 0.3 is 0 Å². The van der Waals surface area contributed by atoms with Gasteiger partial charge in [0.1, 0.15) is 11.7 Å². The van der Waals surface area contributed by atoms with Crippen LogP contribution in [0.5, 0.6) is 0 Å². The molecule has 5 rings (SSSR count). The minimum Gasteiger partial charge on any atom is -0.484 e. The fraction of sp³-hybridized carbons (Fsp3) is 0.600. The van der Waals surface area contributed by atoms with Crippen molar-refractivity contribution < 1.29 is 14.2 Å². The Balaban J connectivity index is 1.58. The van der Waals surface area contributed by atoms with E-state index in [1.165, 1.54) is 11.1 Å². The van der Waals surface area contributed by atoms with Crippen molar-refractivity contribution in [1.82, 2.24) is 4.90 Å². The second kappa shape index (κ2) is 8.51. The molecule has 3 aliphatic heterocycles. The first-order chi connectivity index (χ1) is 15.6. The van der Waals surface area contributed by atoms with E-state index < -0.39 is 5.60 Å². The standard InChI is InChI=1S/C25H32N4O3/c1-3-16-7-8-25(24-17(16)5-6-20(27)18(24)13-26)12-21-19(14-32-25)22(11-23(28-21)30-2)29-9-4-10-31-15-29/h5-6,16,22H,3-4,7-12,14-15,27H2,1-2H3/t16?,22?,25-/m0/s1. The van der Waals surface area contributed by atoms with Crippen molar-refractivity contribution in [1.29, 1.82) is 5.26 Å². The van der Waals surface area contributed by atoms with Crippen molar-refractivity contribution in [2.75, 3.05) is 39.3 Å². The summed E-state index contributed by atoms with van der Waals surface area (Å²) < 4.78 is 18.1. The summed E-state index contributed by atoms with van der Waals surface area (Å²) in [7, 11) is 1.69. The molecule has 32 heavy (non-hydrogen) atoms. The Morgan fingerprint density at radius 1 is 1.41 bits per heavy atom. The van der Waals surface area contributed by atoms with Gasteiger partial charge in [-0.15, -0.1) is 0 Å². The molecule has 0 amide bonds. The zero-order valence-corrected chi connectivity index (χ0v) is 19.0. The molecule has 3 heterocycles. The number of nitrogen functional groups attached to an aromatic ring is 1. The Bertz CT molecular complexity index is 1010. The van der Waals surface area contributed by atoms with Crippen molar-refractivity contribution in [3.05, 3.63) is 40.1 Å². The van der Waals surface area contributed by atoms with Crippen LogP contribution in [0.15, 0.2) is 28.4 Å². The number of hydrogen-bond donors (Lipinski definition) is 1. The number of nitrogens with zero attached hydrogens (tertiary/aromatic N) is 3. The van der Waals surface area contributed by atoms with Crippen LogP contribution in [0.3, 0.4) is 0 Å². The van der Waals surface area contributed by atoms with E-state index in [2.05, 4.69) is 24.0 Å². The summed E-state index contributed by atoms with van der Waals surface area (Å²) in [4.78, 5) is 7.29. The van der Waals surface area contributed by atoms with Gasteiger partial charge in [0.25, 0.3) is 0 Å². The van der Waals surface area contributed by atoms with Crippen molar-refractivity contribution in [2.45, 2.75) is 63.0 Å². The number of aliphatic imine (C=N–C) groups is 1. The lowest BCUT2D eigenvalue weighted by Gasteiger charge is -2.48. The molecule has 7 nitrogen and oxygen atoms in total. The minimum absolute atomic E-state index is 0.179. The number of nitrogens with two attached hydrogens (primary N) is 1. The first-order valence-electron chi connectivity index (χ1n) is 11.7. The fourth-order valence-corrected chi connectivity index (χ4v) is 5.98. The van der Waals surface area contributed by atoms with Crippen molar-refractivity contribution in [3.63, 3.8) is 0 Å². The molecule has 170 valence electrons. The Morgan fingerprint density at radius 3 is 3.00 bits per heavy atom. The third-order valence-electron chi connectivity index (χ3n) is 7.69. The lowest BCUT2D eigenvalue weighted by Crippen LogP contribution is -2.49. The maximum Gasteiger partial charge on any atom is 0.189 e. The first kappa shape index (κ1) is 21.4. The Hall–Kier alpha value is -2.40. The molecule has 1 aliphatic carbocycles. The number of ether oxygens (including phenoxy) is 3. The van der Waals surface area contributed by atoms with E-state index in [4.69, 9.17) is 24.9 Å². The van der Waals surface area contributed by atoms with Crippen LogP contribution in [-0.2, 0) is 19.8 Å². The zero-order valence-electron chi connectivity index (χ0n) is 19.0. The molecular formula is C25H32N4O3. The van der Waals surface area contributed by atoms with Gasteiger partial charge < -0.3 is 19.9 Å². The number of rotatable bonds is 2. The van der Waals surface area contributed by atoms with Crippen LogP contribution < -0.4 is 5.73 Å². The summed E-state index contributed by atoms with van der Waals surface area (Å²) in [5.41, 5.74) is 11.3. The number of nitriles is 1. The SMILES string of the molecule is CCC1CC[C@]2(CC3=C(CO2)C(N2CCCOC2)CC(OC)=N3)c2c1ccc(N)c2C#N. The number of benzene rings is 1. The largest absolute Gasteiger partial charge is 0.484 e. The van der Waals surface area contributed by atoms with Gasteiger partial charge in [0.15, 0.2) is 5.90 Å². The maximum absolute atomic E-state index is 10.0. The van der Waals surface area contributed by atoms with E-state index in [0.29, 0.717) is 36.9 Å². The molecule has 4 aliphatic rings. The molecule has 1 spiro atoms. The molecule has 1 aromatic carbocycles. The third kappa shape index (κ3) is 3.42. The predicted octanol–water partition coefficient (Wildman–Crippen LogP) is 3.79. The second-order valence-corrected chi connectivity index (χ2v) is 9.31. The van der Waals surface area contributed by atoms with E-state index in [1.54, 1.807) is 7.11 Å². The van der Waals surface area contributed by atoms with Crippen LogP contribution in [0.2, 0.25) is 0 Å². The summed E-state index contributed by atoms with van der Waals surface area (Å²) in [5, 5.41) is 10.0. The van der Waals surface area contributed by atoms with E-state index in [1.807, 2.05) is 6.07 Å². The molecule has 1 aromatic rings. The molecule has 7 heteroatoms. The van der Waals surface area contributed by atoms with Gasteiger partial charge in [-0.1, -0.05) is 13.0 Å². The molecular weight excluding hydrogens is 404 g/mol. The van der Waals surface area contributed by atoms with Gasteiger partial charge in [0.05, 0.1) is 31.7 Å². The van der Waals surface area contributed by atoms with E-state index in [0.717, 1.165) is 62.4 Å². The second-order valence-electron chi connectivity index (χ2n) is 9.31. The van der Waals surface area contributed by atoms with Gasteiger partial charge in [0, 0.05) is 43.3 Å². The molecule has 1 saturated heterocycles. The summed E-state index contributed by atoms with van der Waals surface area (Å²) in [6, 6.07) is 6.54. The highest BCUT2D eigenvalue weighted by Gasteiger charge is 2.48. The fourth-order valence-electron chi connectivity index (χ4n) is 5.98. The Kier molecular flexibility index (Phi) is 5.70. The monoisotopic (exact) mass is 436 g/mol. The Labute approximate surface area is 189 Å². The number of methoxy groups -OCH3 is 1. The first-order valence-corrected chi connectivity index (χ1v) is 11.7. The topological polar surface area (TPSA) is 93.1 Å². The minimum atomic E-state index is -0.567. The van der Waals surface area contributed by atoms with Crippen LogP contribution in [-0.4, -0.2) is 50.4 Å². The number of anilines is 1. The lowest BCUT2D eigenvalue weighted by atomic mass is 9.68. The molecule has 3 atom stereocenters. The highest BCUT2D eigenvalue weighted by Crippen LogP contribution is 2.53. The molecule has 2 N–H and O–H groups in total. The number of fused-ring (bicyclic) bond motifs is 2. The quantitative estimate of drug-likeness (QED) is 0.709. The summed E-state index contributed by atoms with van der Waals surface area (Å²) in [5.74, 6) is 1.18. The van der Waals surface area contributed by atoms with Crippen LogP contribution in [0.25, 0.3) is 0 Å². The van der Waals surface area contributed by atoms with Crippen molar-refractivity contribution >= 4 is 11.6 Å². The van der Waals surface area contributed by atoms with Gasteiger partial charge in [-0.25, -0.2) is 4.99 Å². The van der Waals surface area contributed by atoms with Gasteiger partial charge in [-0.3, -0.25) is 4.90 Å². The highest BCUT2D eigenvalue weighted by molar-refractivity contribution is 5.80.